The highest BCUT2D eigenvalue weighted by Crippen LogP contribution is 2.02. The van der Waals surface area contributed by atoms with Crippen LogP contribution in [0.2, 0.25) is 0 Å². The van der Waals surface area contributed by atoms with Gasteiger partial charge in [-0.15, -0.1) is 5.10 Å². The van der Waals surface area contributed by atoms with Gasteiger partial charge in [0.05, 0.1) is 6.20 Å². The molecule has 0 aliphatic carbocycles. The Morgan fingerprint density at radius 1 is 1.30 bits per heavy atom. The van der Waals surface area contributed by atoms with E-state index in [4.69, 9.17) is 5.11 Å². The summed E-state index contributed by atoms with van der Waals surface area (Å²) in [5, 5.41) is 18.2. The van der Waals surface area contributed by atoms with E-state index in [9.17, 15) is 14.0 Å². The number of carbonyl (C=O) groups is 2. The molecule has 1 amide bonds. The van der Waals surface area contributed by atoms with Crippen molar-refractivity contribution >= 4 is 11.9 Å². The largest absolute Gasteiger partial charge is 0.480 e. The Hall–Kier alpha value is -2.77. The lowest BCUT2D eigenvalue weighted by Crippen LogP contribution is -2.23. The zero-order chi connectivity index (χ0) is 14.5. The Balaban J connectivity index is 1.93. The molecule has 0 aliphatic rings. The maximum absolute atomic E-state index is 12.7. The quantitative estimate of drug-likeness (QED) is 0.826. The molecule has 0 aliphatic heterocycles. The number of benzene rings is 1. The van der Waals surface area contributed by atoms with Crippen molar-refractivity contribution in [3.05, 3.63) is 47.5 Å². The summed E-state index contributed by atoms with van der Waals surface area (Å²) in [6.45, 7) is -0.150. The van der Waals surface area contributed by atoms with Gasteiger partial charge in [0.1, 0.15) is 12.4 Å². The van der Waals surface area contributed by atoms with Gasteiger partial charge in [-0.2, -0.15) is 0 Å². The minimum Gasteiger partial charge on any atom is -0.480 e. The maximum Gasteiger partial charge on any atom is 0.325 e. The van der Waals surface area contributed by atoms with Crippen molar-refractivity contribution in [3.63, 3.8) is 0 Å². The van der Waals surface area contributed by atoms with Crippen molar-refractivity contribution in [2.45, 2.75) is 13.1 Å². The van der Waals surface area contributed by atoms with Gasteiger partial charge in [-0.3, -0.25) is 9.59 Å². The molecule has 2 N–H and O–H groups in total. The summed E-state index contributed by atoms with van der Waals surface area (Å²) >= 11 is 0. The van der Waals surface area contributed by atoms with E-state index in [1.165, 1.54) is 18.3 Å². The molecule has 0 atom stereocenters. The Morgan fingerprint density at radius 3 is 2.65 bits per heavy atom. The van der Waals surface area contributed by atoms with E-state index in [0.29, 0.717) is 0 Å². The third kappa shape index (κ3) is 3.61. The van der Waals surface area contributed by atoms with Gasteiger partial charge in [-0.05, 0) is 17.7 Å². The zero-order valence-corrected chi connectivity index (χ0v) is 10.3. The van der Waals surface area contributed by atoms with Crippen LogP contribution < -0.4 is 5.32 Å². The van der Waals surface area contributed by atoms with Crippen molar-refractivity contribution in [1.82, 2.24) is 20.3 Å². The van der Waals surface area contributed by atoms with Crippen molar-refractivity contribution in [1.29, 1.82) is 0 Å². The lowest BCUT2D eigenvalue weighted by atomic mass is 10.2. The molecule has 0 fully saturated rings. The first-order chi connectivity index (χ1) is 9.54. The molecule has 1 heterocycles. The van der Waals surface area contributed by atoms with Gasteiger partial charge in [0.15, 0.2) is 5.69 Å². The second-order valence-corrected chi connectivity index (χ2v) is 4.00. The molecule has 20 heavy (non-hydrogen) atoms. The standard InChI is InChI=1S/C12H11FN4O3/c13-9-3-1-8(2-4-9)5-14-12(20)10-6-17(16-15-10)7-11(18)19/h1-4,6H,5,7H2,(H,14,20)(H,18,19). The van der Waals surface area contributed by atoms with Gasteiger partial charge in [0.25, 0.3) is 5.91 Å². The molecule has 8 heteroatoms. The first-order valence-corrected chi connectivity index (χ1v) is 5.69. The van der Waals surface area contributed by atoms with Crippen LogP contribution in [0.15, 0.2) is 30.5 Å². The average molecular weight is 278 g/mol. The van der Waals surface area contributed by atoms with Crippen molar-refractivity contribution in [2.24, 2.45) is 0 Å². The number of carbonyl (C=O) groups excluding carboxylic acids is 1. The topological polar surface area (TPSA) is 97.1 Å². The van der Waals surface area contributed by atoms with Gasteiger partial charge in [0, 0.05) is 6.54 Å². The van der Waals surface area contributed by atoms with E-state index in [2.05, 4.69) is 15.6 Å². The highest BCUT2D eigenvalue weighted by atomic mass is 19.1. The number of rotatable bonds is 5. The Bertz CT molecular complexity index is 624. The summed E-state index contributed by atoms with van der Waals surface area (Å²) in [5.41, 5.74) is 0.756. The molecule has 0 radical (unpaired) electrons. The van der Waals surface area contributed by atoms with E-state index in [1.54, 1.807) is 12.1 Å². The summed E-state index contributed by atoms with van der Waals surface area (Å²) in [6, 6.07) is 5.70. The monoisotopic (exact) mass is 278 g/mol. The fourth-order valence-electron chi connectivity index (χ4n) is 1.49. The summed E-state index contributed by atoms with van der Waals surface area (Å²) in [4.78, 5) is 22.2. The third-order valence-corrected chi connectivity index (χ3v) is 2.43. The van der Waals surface area contributed by atoms with Crippen LogP contribution in [0.4, 0.5) is 4.39 Å². The van der Waals surface area contributed by atoms with Gasteiger partial charge in [-0.1, -0.05) is 17.3 Å². The number of hydrogen-bond acceptors (Lipinski definition) is 4. The van der Waals surface area contributed by atoms with Crippen molar-refractivity contribution in [2.75, 3.05) is 0 Å². The van der Waals surface area contributed by atoms with Crippen LogP contribution in [-0.2, 0) is 17.9 Å². The molecule has 104 valence electrons. The molecule has 0 bridgehead atoms. The molecule has 0 unspecified atom stereocenters. The summed E-state index contributed by atoms with van der Waals surface area (Å²) < 4.78 is 13.8. The normalized spacial score (nSPS) is 10.2. The van der Waals surface area contributed by atoms with Crippen LogP contribution in [0.1, 0.15) is 16.1 Å². The zero-order valence-electron chi connectivity index (χ0n) is 10.3. The highest BCUT2D eigenvalue weighted by Gasteiger charge is 2.11. The third-order valence-electron chi connectivity index (χ3n) is 2.43. The Morgan fingerprint density at radius 2 is 2.00 bits per heavy atom. The lowest BCUT2D eigenvalue weighted by Gasteiger charge is -2.02. The summed E-state index contributed by atoms with van der Waals surface area (Å²) in [7, 11) is 0. The number of carboxylic acids is 1. The number of amides is 1. The van der Waals surface area contributed by atoms with Crippen LogP contribution in [0.25, 0.3) is 0 Å². The van der Waals surface area contributed by atoms with E-state index in [-0.39, 0.29) is 24.6 Å². The maximum atomic E-state index is 12.7. The Kier molecular flexibility index (Phi) is 4.04. The summed E-state index contributed by atoms with van der Waals surface area (Å²) in [6.07, 6.45) is 1.24. The number of nitrogens with one attached hydrogen (secondary N) is 1. The molecule has 2 aromatic rings. The highest BCUT2D eigenvalue weighted by molar-refractivity contribution is 5.91. The minimum absolute atomic E-state index is 0.0216. The number of halogens is 1. The fourth-order valence-corrected chi connectivity index (χ4v) is 1.49. The Labute approximate surface area is 113 Å². The molecular weight excluding hydrogens is 267 g/mol. The van der Waals surface area contributed by atoms with Gasteiger partial charge in [-0.25, -0.2) is 9.07 Å². The molecule has 0 spiro atoms. The second-order valence-electron chi connectivity index (χ2n) is 4.00. The van der Waals surface area contributed by atoms with Gasteiger partial charge < -0.3 is 10.4 Å². The summed E-state index contributed by atoms with van der Waals surface area (Å²) in [5.74, 6) is -1.91. The van der Waals surface area contributed by atoms with E-state index in [1.807, 2.05) is 0 Å². The SMILES string of the molecule is O=C(O)Cn1cc(C(=O)NCc2ccc(F)cc2)nn1. The first-order valence-electron chi connectivity index (χ1n) is 5.69. The molecule has 2 rings (SSSR count). The van der Waals surface area contributed by atoms with E-state index >= 15 is 0 Å². The molecule has 0 saturated heterocycles. The number of aromatic nitrogens is 3. The number of hydrogen-bond donors (Lipinski definition) is 2. The fraction of sp³-hybridized carbons (Fsp3) is 0.167. The molecule has 0 saturated carbocycles. The van der Waals surface area contributed by atoms with Crippen LogP contribution in [0, 0.1) is 5.82 Å². The predicted octanol–water partition coefficient (Wildman–Crippen LogP) is 0.432. The molecule has 1 aromatic heterocycles. The molecule has 1 aromatic carbocycles. The minimum atomic E-state index is -1.08. The molecule has 7 nitrogen and oxygen atoms in total. The lowest BCUT2D eigenvalue weighted by molar-refractivity contribution is -0.137. The number of nitrogens with zero attached hydrogens (tertiary/aromatic N) is 3. The smallest absolute Gasteiger partial charge is 0.325 e. The average Bonchev–Trinajstić information content (AvgIpc) is 2.85. The number of aliphatic carboxylic acids is 1. The van der Waals surface area contributed by atoms with Crippen LogP contribution >= 0.6 is 0 Å². The van der Waals surface area contributed by atoms with E-state index < -0.39 is 11.9 Å². The first kappa shape index (κ1) is 13.7. The number of carboxylic acid groups (broad SMARTS) is 1. The van der Waals surface area contributed by atoms with Crippen LogP contribution in [0.5, 0.6) is 0 Å². The van der Waals surface area contributed by atoms with Crippen molar-refractivity contribution < 1.29 is 19.1 Å². The van der Waals surface area contributed by atoms with E-state index in [0.717, 1.165) is 10.2 Å². The molecular formula is C12H11FN4O3. The van der Waals surface area contributed by atoms with Gasteiger partial charge >= 0.3 is 5.97 Å². The second kappa shape index (κ2) is 5.91. The van der Waals surface area contributed by atoms with Crippen LogP contribution in [0.3, 0.4) is 0 Å². The van der Waals surface area contributed by atoms with Crippen LogP contribution in [-0.4, -0.2) is 32.0 Å². The van der Waals surface area contributed by atoms with Crippen molar-refractivity contribution in [3.8, 4) is 0 Å². The van der Waals surface area contributed by atoms with Gasteiger partial charge in [0.2, 0.25) is 0 Å². The predicted molar refractivity (Wildman–Crippen MR) is 65.2 cm³/mol.